The van der Waals surface area contributed by atoms with Gasteiger partial charge in [-0.3, -0.25) is 0 Å². The summed E-state index contributed by atoms with van der Waals surface area (Å²) < 4.78 is 0. The van der Waals surface area contributed by atoms with Crippen LogP contribution in [0.15, 0.2) is 18.2 Å². The van der Waals surface area contributed by atoms with Gasteiger partial charge < -0.3 is 5.32 Å². The van der Waals surface area contributed by atoms with Gasteiger partial charge in [0, 0.05) is 22.6 Å². The predicted octanol–water partition coefficient (Wildman–Crippen LogP) is 5.09. The van der Waals surface area contributed by atoms with Crippen molar-refractivity contribution in [1.82, 2.24) is 5.32 Å². The normalized spacial score (nSPS) is 34.6. The third kappa shape index (κ3) is 2.73. The van der Waals surface area contributed by atoms with Gasteiger partial charge in [-0.1, -0.05) is 35.7 Å². The Kier molecular flexibility index (Phi) is 3.72. The van der Waals surface area contributed by atoms with Gasteiger partial charge in [0.2, 0.25) is 0 Å². The molecular formula is C18H23Cl2N. The molecule has 4 rings (SSSR count). The highest BCUT2D eigenvalue weighted by Gasteiger charge is 2.51. The van der Waals surface area contributed by atoms with Gasteiger partial charge in [-0.25, -0.2) is 0 Å². The molecule has 3 unspecified atom stereocenters. The molecule has 3 atom stereocenters. The lowest BCUT2D eigenvalue weighted by molar-refractivity contribution is 0.155. The zero-order chi connectivity index (χ0) is 14.4. The summed E-state index contributed by atoms with van der Waals surface area (Å²) in [5, 5.41) is 5.48. The van der Waals surface area contributed by atoms with E-state index in [2.05, 4.69) is 5.32 Å². The van der Waals surface area contributed by atoms with E-state index in [1.54, 1.807) is 0 Å². The Morgan fingerprint density at radius 3 is 2.43 bits per heavy atom. The first-order valence-corrected chi connectivity index (χ1v) is 9.08. The number of nitrogens with one attached hydrogen (secondary N) is 1. The van der Waals surface area contributed by atoms with E-state index in [0.717, 1.165) is 40.9 Å². The fourth-order valence-corrected chi connectivity index (χ4v) is 5.27. The summed E-state index contributed by atoms with van der Waals surface area (Å²) in [4.78, 5) is 0. The van der Waals surface area contributed by atoms with Crippen LogP contribution in [0.5, 0.6) is 0 Å². The molecule has 1 nitrogen and oxygen atoms in total. The first-order chi connectivity index (χ1) is 10.2. The molecule has 3 fully saturated rings. The van der Waals surface area contributed by atoms with Crippen LogP contribution in [0.25, 0.3) is 0 Å². The molecule has 3 saturated carbocycles. The lowest BCUT2D eigenvalue weighted by atomic mass is 9.69. The van der Waals surface area contributed by atoms with Crippen molar-refractivity contribution in [2.24, 2.45) is 17.3 Å². The summed E-state index contributed by atoms with van der Waals surface area (Å²) in [6.07, 6.45) is 9.39. The quantitative estimate of drug-likeness (QED) is 0.795. The van der Waals surface area contributed by atoms with Crippen molar-refractivity contribution in [3.8, 4) is 0 Å². The van der Waals surface area contributed by atoms with Crippen LogP contribution < -0.4 is 5.32 Å². The molecule has 3 aliphatic rings. The van der Waals surface area contributed by atoms with E-state index < -0.39 is 0 Å². The Morgan fingerprint density at radius 2 is 1.86 bits per heavy atom. The lowest BCUT2D eigenvalue weighted by Gasteiger charge is -2.39. The fourth-order valence-electron chi connectivity index (χ4n) is 4.74. The number of benzene rings is 1. The summed E-state index contributed by atoms with van der Waals surface area (Å²) >= 11 is 12.9. The Balaban J connectivity index is 1.60. The molecule has 3 aliphatic carbocycles. The predicted molar refractivity (Wildman–Crippen MR) is 89.1 cm³/mol. The molecule has 0 heterocycles. The minimum atomic E-state index is 0.389. The zero-order valence-electron chi connectivity index (χ0n) is 12.4. The highest BCUT2D eigenvalue weighted by Crippen LogP contribution is 2.57. The largest absolute Gasteiger partial charge is 0.313 e. The van der Waals surface area contributed by atoms with Crippen LogP contribution in [0.3, 0.4) is 0 Å². The first kappa shape index (κ1) is 14.4. The standard InChI is InChI=1S/C18H23Cl2N/c19-16-2-1-3-17(20)15(16)10-18(11-21-14-6-7-14)9-12-4-5-13(18)8-12/h1-3,12-14,21H,4-11H2. The van der Waals surface area contributed by atoms with Crippen LogP contribution in [-0.2, 0) is 6.42 Å². The minimum Gasteiger partial charge on any atom is -0.313 e. The van der Waals surface area contributed by atoms with E-state index in [4.69, 9.17) is 23.2 Å². The summed E-state index contributed by atoms with van der Waals surface area (Å²) in [5.74, 6) is 1.80. The Morgan fingerprint density at radius 1 is 1.10 bits per heavy atom. The highest BCUT2D eigenvalue weighted by molar-refractivity contribution is 6.36. The highest BCUT2D eigenvalue weighted by atomic mass is 35.5. The van der Waals surface area contributed by atoms with Gasteiger partial charge in [-0.2, -0.15) is 0 Å². The van der Waals surface area contributed by atoms with Crippen molar-refractivity contribution < 1.29 is 0 Å². The third-order valence-electron chi connectivity index (χ3n) is 6.01. The third-order valence-corrected chi connectivity index (χ3v) is 6.72. The van der Waals surface area contributed by atoms with Crippen molar-refractivity contribution in [1.29, 1.82) is 0 Å². The summed E-state index contributed by atoms with van der Waals surface area (Å²) in [5.41, 5.74) is 1.56. The summed E-state index contributed by atoms with van der Waals surface area (Å²) in [6.45, 7) is 1.15. The number of rotatable bonds is 5. The maximum Gasteiger partial charge on any atom is 0.0453 e. The van der Waals surface area contributed by atoms with Crippen molar-refractivity contribution in [3.05, 3.63) is 33.8 Å². The second-order valence-electron chi connectivity index (χ2n) is 7.47. The van der Waals surface area contributed by atoms with Gasteiger partial charge in [0.25, 0.3) is 0 Å². The average Bonchev–Trinajstić information content (AvgIpc) is 3.09. The maximum atomic E-state index is 6.44. The topological polar surface area (TPSA) is 12.0 Å². The van der Waals surface area contributed by atoms with Crippen molar-refractivity contribution in [3.63, 3.8) is 0 Å². The molecule has 0 aliphatic heterocycles. The summed E-state index contributed by atoms with van der Waals surface area (Å²) in [7, 11) is 0. The molecule has 0 amide bonds. The van der Waals surface area contributed by atoms with E-state index in [0.29, 0.717) is 5.41 Å². The van der Waals surface area contributed by atoms with E-state index in [1.807, 2.05) is 18.2 Å². The van der Waals surface area contributed by atoms with Gasteiger partial charge in [0.15, 0.2) is 0 Å². The molecule has 114 valence electrons. The molecule has 0 spiro atoms. The Bertz CT molecular complexity index is 520. The summed E-state index contributed by atoms with van der Waals surface area (Å²) in [6, 6.07) is 6.70. The van der Waals surface area contributed by atoms with Crippen molar-refractivity contribution >= 4 is 23.2 Å². The van der Waals surface area contributed by atoms with Crippen LogP contribution >= 0.6 is 23.2 Å². The van der Waals surface area contributed by atoms with Crippen LogP contribution in [0.1, 0.15) is 44.1 Å². The molecule has 0 radical (unpaired) electrons. The van der Waals surface area contributed by atoms with Gasteiger partial charge in [0.05, 0.1) is 0 Å². The second kappa shape index (κ2) is 5.44. The number of hydrogen-bond acceptors (Lipinski definition) is 1. The number of halogens is 2. The van der Waals surface area contributed by atoms with Gasteiger partial charge in [-0.15, -0.1) is 0 Å². The zero-order valence-corrected chi connectivity index (χ0v) is 13.9. The van der Waals surface area contributed by atoms with Crippen LogP contribution in [-0.4, -0.2) is 12.6 Å². The molecule has 2 bridgehead atoms. The monoisotopic (exact) mass is 323 g/mol. The van der Waals surface area contributed by atoms with Gasteiger partial charge in [0.1, 0.15) is 0 Å². The Hall–Kier alpha value is -0.240. The molecular weight excluding hydrogens is 301 g/mol. The first-order valence-electron chi connectivity index (χ1n) is 8.32. The van der Waals surface area contributed by atoms with Crippen molar-refractivity contribution in [2.75, 3.05) is 6.54 Å². The molecule has 1 aromatic carbocycles. The van der Waals surface area contributed by atoms with Crippen LogP contribution in [0.4, 0.5) is 0 Å². The smallest absolute Gasteiger partial charge is 0.0453 e. The van der Waals surface area contributed by atoms with E-state index in [-0.39, 0.29) is 0 Å². The minimum absolute atomic E-state index is 0.389. The molecule has 0 saturated heterocycles. The molecule has 1 N–H and O–H groups in total. The number of hydrogen-bond donors (Lipinski definition) is 1. The lowest BCUT2D eigenvalue weighted by Crippen LogP contribution is -2.41. The van der Waals surface area contributed by atoms with E-state index in [1.165, 1.54) is 44.1 Å². The van der Waals surface area contributed by atoms with Crippen LogP contribution in [0, 0.1) is 17.3 Å². The number of fused-ring (bicyclic) bond motifs is 2. The fraction of sp³-hybridized carbons (Fsp3) is 0.667. The molecule has 21 heavy (non-hydrogen) atoms. The van der Waals surface area contributed by atoms with Gasteiger partial charge >= 0.3 is 0 Å². The molecule has 0 aromatic heterocycles. The molecule has 1 aromatic rings. The SMILES string of the molecule is Clc1cccc(Cl)c1CC1(CNC2CC2)CC2CCC1C2. The molecule has 3 heteroatoms. The van der Waals surface area contributed by atoms with E-state index in [9.17, 15) is 0 Å². The Labute approximate surface area is 137 Å². The van der Waals surface area contributed by atoms with E-state index >= 15 is 0 Å². The van der Waals surface area contributed by atoms with Crippen molar-refractivity contribution in [2.45, 2.75) is 51.0 Å². The van der Waals surface area contributed by atoms with Gasteiger partial charge in [-0.05, 0) is 73.5 Å². The maximum absolute atomic E-state index is 6.44. The second-order valence-corrected chi connectivity index (χ2v) is 8.29. The van der Waals surface area contributed by atoms with Crippen LogP contribution in [0.2, 0.25) is 10.0 Å². The average molecular weight is 324 g/mol.